The maximum atomic E-state index is 5.55. The molecule has 3 N–H and O–H groups in total. The smallest absolute Gasteiger partial charge is 0.0868 e. The molecule has 0 aliphatic rings. The van der Waals surface area contributed by atoms with Crippen LogP contribution in [0.5, 0.6) is 0 Å². The molecule has 1 unspecified atom stereocenters. The van der Waals surface area contributed by atoms with Crippen molar-refractivity contribution in [3.63, 3.8) is 0 Å². The van der Waals surface area contributed by atoms with E-state index in [1.165, 1.54) is 0 Å². The number of pyridine rings is 1. The Kier molecular flexibility index (Phi) is 4.86. The molecule has 90 valence electrons. The van der Waals surface area contributed by atoms with E-state index in [4.69, 9.17) is 10.6 Å². The zero-order chi connectivity index (χ0) is 12.1. The molecule has 0 spiro atoms. The number of hydrazine groups is 1. The van der Waals surface area contributed by atoms with Crippen molar-refractivity contribution in [3.8, 4) is 0 Å². The van der Waals surface area contributed by atoms with E-state index in [9.17, 15) is 0 Å². The number of nitrogens with one attached hydrogen (secondary N) is 1. The van der Waals surface area contributed by atoms with Gasteiger partial charge in [-0.15, -0.1) is 0 Å². The number of hydrogen-bond acceptors (Lipinski definition) is 4. The van der Waals surface area contributed by atoms with Crippen LogP contribution in [0.25, 0.3) is 0 Å². The molecule has 4 heteroatoms. The predicted molar refractivity (Wildman–Crippen MR) is 64.9 cm³/mol. The maximum absolute atomic E-state index is 5.55. The highest BCUT2D eigenvalue weighted by Crippen LogP contribution is 2.16. The summed E-state index contributed by atoms with van der Waals surface area (Å²) < 4.78 is 5.55. The van der Waals surface area contributed by atoms with Gasteiger partial charge >= 0.3 is 0 Å². The number of nitrogens with zero attached hydrogens (tertiary/aromatic N) is 1. The average molecular weight is 223 g/mol. The van der Waals surface area contributed by atoms with Crippen LogP contribution < -0.4 is 11.3 Å². The van der Waals surface area contributed by atoms with E-state index in [0.29, 0.717) is 6.61 Å². The van der Waals surface area contributed by atoms with Crippen LogP contribution >= 0.6 is 0 Å². The zero-order valence-corrected chi connectivity index (χ0v) is 10.4. The second-order valence-electron chi connectivity index (χ2n) is 4.32. The fourth-order valence-electron chi connectivity index (χ4n) is 1.59. The molecule has 0 saturated carbocycles. The third kappa shape index (κ3) is 3.56. The standard InChI is InChI=1S/C12H21N3O/c1-8(2)16-7-11(15-13)12-10(4)5-9(3)6-14-12/h5-6,8,11,15H,7,13H2,1-4H3. The quantitative estimate of drug-likeness (QED) is 0.588. The minimum atomic E-state index is -0.0528. The van der Waals surface area contributed by atoms with Crippen LogP contribution in [0, 0.1) is 13.8 Å². The number of aromatic nitrogens is 1. The predicted octanol–water partition coefficient (Wildman–Crippen LogP) is 1.63. The molecule has 16 heavy (non-hydrogen) atoms. The first kappa shape index (κ1) is 13.1. The highest BCUT2D eigenvalue weighted by atomic mass is 16.5. The Hall–Kier alpha value is -0.970. The van der Waals surface area contributed by atoms with Crippen molar-refractivity contribution >= 4 is 0 Å². The van der Waals surface area contributed by atoms with Crippen molar-refractivity contribution in [3.05, 3.63) is 29.1 Å². The first-order chi connectivity index (χ1) is 7.54. The molecule has 0 aliphatic carbocycles. The fourth-order valence-corrected chi connectivity index (χ4v) is 1.59. The molecule has 4 nitrogen and oxygen atoms in total. The van der Waals surface area contributed by atoms with Crippen LogP contribution in [-0.4, -0.2) is 17.7 Å². The van der Waals surface area contributed by atoms with E-state index in [0.717, 1.165) is 16.8 Å². The van der Waals surface area contributed by atoms with Gasteiger partial charge in [0, 0.05) is 6.20 Å². The summed E-state index contributed by atoms with van der Waals surface area (Å²) in [6.45, 7) is 8.60. The van der Waals surface area contributed by atoms with Crippen molar-refractivity contribution < 1.29 is 4.74 Å². The lowest BCUT2D eigenvalue weighted by atomic mass is 10.1. The monoisotopic (exact) mass is 223 g/mol. The van der Waals surface area contributed by atoms with Gasteiger partial charge in [-0.25, -0.2) is 5.43 Å². The van der Waals surface area contributed by atoms with Crippen LogP contribution in [0.3, 0.4) is 0 Å². The van der Waals surface area contributed by atoms with Gasteiger partial charge in [-0.2, -0.15) is 0 Å². The van der Waals surface area contributed by atoms with Gasteiger partial charge in [0.05, 0.1) is 24.4 Å². The van der Waals surface area contributed by atoms with Crippen LogP contribution in [0.4, 0.5) is 0 Å². The van der Waals surface area contributed by atoms with Crippen molar-refractivity contribution in [1.82, 2.24) is 10.4 Å². The lowest BCUT2D eigenvalue weighted by Crippen LogP contribution is -2.33. The van der Waals surface area contributed by atoms with E-state index in [1.807, 2.05) is 33.9 Å². The van der Waals surface area contributed by atoms with Gasteiger partial charge in [0.1, 0.15) is 0 Å². The van der Waals surface area contributed by atoms with Crippen LogP contribution in [0.15, 0.2) is 12.3 Å². The Labute approximate surface area is 97.2 Å². The average Bonchev–Trinajstić information content (AvgIpc) is 2.21. The summed E-state index contributed by atoms with van der Waals surface area (Å²) in [6, 6.07) is 2.05. The van der Waals surface area contributed by atoms with Gasteiger partial charge < -0.3 is 4.74 Å². The topological polar surface area (TPSA) is 60.2 Å². The minimum Gasteiger partial charge on any atom is -0.377 e. The summed E-state index contributed by atoms with van der Waals surface area (Å²) in [7, 11) is 0. The molecule has 1 aromatic heterocycles. The van der Waals surface area contributed by atoms with Gasteiger partial charge in [0.25, 0.3) is 0 Å². The summed E-state index contributed by atoms with van der Waals surface area (Å²) in [5.74, 6) is 5.53. The molecule has 0 aromatic carbocycles. The van der Waals surface area contributed by atoms with Crippen molar-refractivity contribution in [2.75, 3.05) is 6.61 Å². The Morgan fingerprint density at radius 2 is 2.12 bits per heavy atom. The second kappa shape index (κ2) is 5.94. The van der Waals surface area contributed by atoms with Crippen LogP contribution in [-0.2, 0) is 4.74 Å². The molecular weight excluding hydrogens is 202 g/mol. The number of hydrogen-bond donors (Lipinski definition) is 2. The third-order valence-electron chi connectivity index (χ3n) is 2.38. The molecule has 0 aliphatic heterocycles. The number of aryl methyl sites for hydroxylation is 2. The zero-order valence-electron chi connectivity index (χ0n) is 10.4. The first-order valence-corrected chi connectivity index (χ1v) is 5.55. The largest absolute Gasteiger partial charge is 0.377 e. The molecule has 0 fully saturated rings. The lowest BCUT2D eigenvalue weighted by Gasteiger charge is -2.19. The summed E-state index contributed by atoms with van der Waals surface area (Å²) in [4.78, 5) is 4.40. The molecule has 1 atom stereocenters. The SMILES string of the molecule is Cc1cnc(C(COC(C)C)NN)c(C)c1. The number of nitrogens with two attached hydrogens (primary N) is 1. The minimum absolute atomic E-state index is 0.0528. The van der Waals surface area contributed by atoms with Crippen molar-refractivity contribution in [2.45, 2.75) is 39.8 Å². The van der Waals surface area contributed by atoms with Crippen LogP contribution in [0.2, 0.25) is 0 Å². The van der Waals surface area contributed by atoms with Gasteiger partial charge in [-0.1, -0.05) is 6.07 Å². The fraction of sp³-hybridized carbons (Fsp3) is 0.583. The Morgan fingerprint density at radius 1 is 1.44 bits per heavy atom. The first-order valence-electron chi connectivity index (χ1n) is 5.55. The molecular formula is C12H21N3O. The molecule has 0 bridgehead atoms. The van der Waals surface area contributed by atoms with E-state index < -0.39 is 0 Å². The lowest BCUT2D eigenvalue weighted by molar-refractivity contribution is 0.0602. The van der Waals surface area contributed by atoms with E-state index in [1.54, 1.807) is 0 Å². The Bertz CT molecular complexity index is 339. The van der Waals surface area contributed by atoms with Crippen LogP contribution in [0.1, 0.15) is 36.7 Å². The Morgan fingerprint density at radius 3 is 2.62 bits per heavy atom. The molecule has 0 amide bonds. The maximum Gasteiger partial charge on any atom is 0.0868 e. The molecule has 1 aromatic rings. The highest BCUT2D eigenvalue weighted by Gasteiger charge is 2.14. The second-order valence-corrected chi connectivity index (χ2v) is 4.32. The third-order valence-corrected chi connectivity index (χ3v) is 2.38. The van der Waals surface area contributed by atoms with Gasteiger partial charge in [-0.3, -0.25) is 10.8 Å². The molecule has 1 rings (SSSR count). The van der Waals surface area contributed by atoms with E-state index in [2.05, 4.69) is 16.5 Å². The molecule has 1 heterocycles. The highest BCUT2D eigenvalue weighted by molar-refractivity contribution is 5.25. The van der Waals surface area contributed by atoms with Gasteiger partial charge in [0.2, 0.25) is 0 Å². The normalized spacial score (nSPS) is 13.1. The number of ether oxygens (including phenoxy) is 1. The summed E-state index contributed by atoms with van der Waals surface area (Å²) in [5, 5.41) is 0. The van der Waals surface area contributed by atoms with Gasteiger partial charge in [0.15, 0.2) is 0 Å². The summed E-state index contributed by atoms with van der Waals surface area (Å²) in [5.41, 5.74) is 5.99. The van der Waals surface area contributed by atoms with E-state index in [-0.39, 0.29) is 12.1 Å². The van der Waals surface area contributed by atoms with Crippen molar-refractivity contribution in [1.29, 1.82) is 0 Å². The van der Waals surface area contributed by atoms with E-state index >= 15 is 0 Å². The summed E-state index contributed by atoms with van der Waals surface area (Å²) >= 11 is 0. The molecule has 0 saturated heterocycles. The molecule has 0 radical (unpaired) electrons. The number of rotatable bonds is 5. The Balaban J connectivity index is 2.78. The summed E-state index contributed by atoms with van der Waals surface area (Å²) in [6.07, 6.45) is 2.05. The van der Waals surface area contributed by atoms with Crippen molar-refractivity contribution in [2.24, 2.45) is 5.84 Å². The van der Waals surface area contributed by atoms with Gasteiger partial charge in [-0.05, 0) is 38.8 Å².